The molecule has 2 heterocycles. The van der Waals surface area contributed by atoms with Gasteiger partial charge in [-0.2, -0.15) is 0 Å². The Morgan fingerprint density at radius 2 is 1.45 bits per heavy atom. The summed E-state index contributed by atoms with van der Waals surface area (Å²) in [6.45, 7) is 0.862. The van der Waals surface area contributed by atoms with Crippen molar-refractivity contribution < 1.29 is 4.79 Å². The van der Waals surface area contributed by atoms with E-state index < -0.39 is 0 Å². The summed E-state index contributed by atoms with van der Waals surface area (Å²) in [5, 5.41) is 3.20. The SMILES string of the molecule is O=C(NC(c1ccccc1)c1ccccc1)c1cn2c(n1)CCC(c1ccccc1)C2. The van der Waals surface area contributed by atoms with Crippen LogP contribution in [0.2, 0.25) is 0 Å². The zero-order valence-corrected chi connectivity index (χ0v) is 17.3. The predicted molar refractivity (Wildman–Crippen MR) is 122 cm³/mol. The molecule has 5 rings (SSSR count). The molecule has 4 aromatic rings. The molecule has 4 nitrogen and oxygen atoms in total. The maximum absolute atomic E-state index is 13.2. The van der Waals surface area contributed by atoms with Crippen molar-refractivity contribution in [1.82, 2.24) is 14.9 Å². The lowest BCUT2D eigenvalue weighted by molar-refractivity contribution is 0.0938. The first-order valence-electron chi connectivity index (χ1n) is 10.8. The maximum Gasteiger partial charge on any atom is 0.272 e. The molecule has 0 radical (unpaired) electrons. The number of aromatic nitrogens is 2. The Labute approximate surface area is 182 Å². The molecule has 1 atom stereocenters. The first-order valence-corrected chi connectivity index (χ1v) is 10.8. The van der Waals surface area contributed by atoms with Crippen molar-refractivity contribution in [2.24, 2.45) is 0 Å². The lowest BCUT2D eigenvalue weighted by atomic mass is 9.92. The van der Waals surface area contributed by atoms with Crippen molar-refractivity contribution in [2.75, 3.05) is 0 Å². The van der Waals surface area contributed by atoms with E-state index in [1.54, 1.807) is 0 Å². The summed E-state index contributed by atoms with van der Waals surface area (Å²) in [7, 11) is 0. The summed E-state index contributed by atoms with van der Waals surface area (Å²) >= 11 is 0. The van der Waals surface area contributed by atoms with Gasteiger partial charge in [0.15, 0.2) is 0 Å². The van der Waals surface area contributed by atoms with Gasteiger partial charge in [-0.3, -0.25) is 4.79 Å². The van der Waals surface area contributed by atoms with Gasteiger partial charge in [0.1, 0.15) is 11.5 Å². The van der Waals surface area contributed by atoms with Crippen LogP contribution in [0, 0.1) is 0 Å². The van der Waals surface area contributed by atoms with Gasteiger partial charge in [-0.15, -0.1) is 0 Å². The molecule has 0 fully saturated rings. The van der Waals surface area contributed by atoms with Crippen LogP contribution in [0.5, 0.6) is 0 Å². The largest absolute Gasteiger partial charge is 0.340 e. The lowest BCUT2D eigenvalue weighted by Gasteiger charge is -2.23. The molecule has 0 bridgehead atoms. The summed E-state index contributed by atoms with van der Waals surface area (Å²) in [5.41, 5.74) is 3.94. The van der Waals surface area contributed by atoms with Crippen LogP contribution in [0.15, 0.2) is 97.2 Å². The molecule has 0 aliphatic carbocycles. The third kappa shape index (κ3) is 4.15. The molecule has 0 saturated carbocycles. The Kier molecular flexibility index (Phi) is 5.36. The van der Waals surface area contributed by atoms with Gasteiger partial charge in [0.2, 0.25) is 0 Å². The van der Waals surface area contributed by atoms with Gasteiger partial charge in [0, 0.05) is 25.1 Å². The number of carbonyl (C=O) groups is 1. The Morgan fingerprint density at radius 3 is 2.06 bits per heavy atom. The van der Waals surface area contributed by atoms with E-state index in [2.05, 4.69) is 39.1 Å². The molecule has 1 aromatic heterocycles. The topological polar surface area (TPSA) is 46.9 Å². The minimum absolute atomic E-state index is 0.143. The lowest BCUT2D eigenvalue weighted by Crippen LogP contribution is -2.29. The van der Waals surface area contributed by atoms with Crippen molar-refractivity contribution in [3.05, 3.63) is 125 Å². The van der Waals surface area contributed by atoms with Crippen molar-refractivity contribution >= 4 is 5.91 Å². The second-order valence-corrected chi connectivity index (χ2v) is 8.07. The molecule has 4 heteroatoms. The van der Waals surface area contributed by atoms with Crippen LogP contribution >= 0.6 is 0 Å². The molecular formula is C27H25N3O. The van der Waals surface area contributed by atoms with E-state index in [0.717, 1.165) is 36.3 Å². The minimum Gasteiger partial charge on any atom is -0.340 e. The highest BCUT2D eigenvalue weighted by Crippen LogP contribution is 2.29. The van der Waals surface area contributed by atoms with Crippen LogP contribution in [0.1, 0.15) is 51.4 Å². The van der Waals surface area contributed by atoms with Gasteiger partial charge in [0.25, 0.3) is 5.91 Å². The quantitative estimate of drug-likeness (QED) is 0.498. The molecule has 1 aliphatic rings. The molecule has 154 valence electrons. The highest BCUT2D eigenvalue weighted by molar-refractivity contribution is 5.92. The van der Waals surface area contributed by atoms with E-state index in [4.69, 9.17) is 0 Å². The number of nitrogens with zero attached hydrogens (tertiary/aromatic N) is 2. The number of aryl methyl sites for hydroxylation is 1. The average molecular weight is 408 g/mol. The van der Waals surface area contributed by atoms with E-state index in [0.29, 0.717) is 11.6 Å². The van der Waals surface area contributed by atoms with Crippen molar-refractivity contribution in [1.29, 1.82) is 0 Å². The van der Waals surface area contributed by atoms with Gasteiger partial charge in [-0.25, -0.2) is 4.98 Å². The Bertz CT molecular complexity index is 1110. The number of imidazole rings is 1. The zero-order chi connectivity index (χ0) is 21.0. The van der Waals surface area contributed by atoms with Crippen molar-refractivity contribution in [3.63, 3.8) is 0 Å². The van der Waals surface area contributed by atoms with Crippen LogP contribution in [-0.4, -0.2) is 15.5 Å². The number of carbonyl (C=O) groups excluding carboxylic acids is 1. The fourth-order valence-corrected chi connectivity index (χ4v) is 4.41. The maximum atomic E-state index is 13.2. The molecule has 1 amide bonds. The Balaban J connectivity index is 1.37. The second-order valence-electron chi connectivity index (χ2n) is 8.07. The summed E-state index contributed by atoms with van der Waals surface area (Å²) in [5.74, 6) is 1.31. The third-order valence-corrected chi connectivity index (χ3v) is 6.04. The van der Waals surface area contributed by atoms with E-state index >= 15 is 0 Å². The number of nitrogens with one attached hydrogen (secondary N) is 1. The number of hydrogen-bond acceptors (Lipinski definition) is 2. The second kappa shape index (κ2) is 8.60. The van der Waals surface area contributed by atoms with Crippen LogP contribution in [0.3, 0.4) is 0 Å². The average Bonchev–Trinajstić information content (AvgIpc) is 3.28. The number of hydrogen-bond donors (Lipinski definition) is 1. The molecule has 0 spiro atoms. The Hall–Kier alpha value is -3.66. The first kappa shape index (κ1) is 19.3. The molecule has 0 saturated heterocycles. The summed E-state index contributed by atoms with van der Waals surface area (Å²) in [6, 6.07) is 30.5. The van der Waals surface area contributed by atoms with Crippen LogP contribution in [-0.2, 0) is 13.0 Å². The summed E-state index contributed by atoms with van der Waals surface area (Å²) in [6.07, 6.45) is 3.85. The predicted octanol–water partition coefficient (Wildman–Crippen LogP) is 5.13. The zero-order valence-electron chi connectivity index (χ0n) is 17.3. The normalized spacial score (nSPS) is 15.5. The minimum atomic E-state index is -0.217. The van der Waals surface area contributed by atoms with Gasteiger partial charge in [-0.05, 0) is 23.1 Å². The number of fused-ring (bicyclic) bond motifs is 1. The molecule has 3 aromatic carbocycles. The van der Waals surface area contributed by atoms with Gasteiger partial charge < -0.3 is 9.88 Å². The van der Waals surface area contributed by atoms with Gasteiger partial charge >= 0.3 is 0 Å². The standard InChI is InChI=1S/C27H25N3O/c31-27(29-26(21-12-6-2-7-13-21)22-14-8-3-9-15-22)24-19-30-18-23(16-17-25(30)28-24)20-10-4-1-5-11-20/h1-15,19,23,26H,16-18H2,(H,29,31). The third-order valence-electron chi connectivity index (χ3n) is 6.04. The van der Waals surface area contributed by atoms with E-state index in [9.17, 15) is 4.79 Å². The fraction of sp³-hybridized carbons (Fsp3) is 0.185. The molecule has 1 unspecified atom stereocenters. The monoisotopic (exact) mass is 407 g/mol. The van der Waals surface area contributed by atoms with Crippen molar-refractivity contribution in [3.8, 4) is 0 Å². The molecule has 1 aliphatic heterocycles. The highest BCUT2D eigenvalue weighted by Gasteiger charge is 2.25. The molecule has 1 N–H and O–H groups in total. The first-order chi connectivity index (χ1) is 15.3. The van der Waals surface area contributed by atoms with Crippen molar-refractivity contribution in [2.45, 2.75) is 31.3 Å². The fourth-order valence-electron chi connectivity index (χ4n) is 4.41. The highest BCUT2D eigenvalue weighted by atomic mass is 16.2. The smallest absolute Gasteiger partial charge is 0.272 e. The molecule has 31 heavy (non-hydrogen) atoms. The van der Waals surface area contributed by atoms with E-state index in [1.165, 1.54) is 5.56 Å². The van der Waals surface area contributed by atoms with E-state index in [1.807, 2.05) is 72.9 Å². The number of benzene rings is 3. The van der Waals surface area contributed by atoms with E-state index in [-0.39, 0.29) is 11.9 Å². The van der Waals surface area contributed by atoms with Crippen LogP contribution < -0.4 is 5.32 Å². The molecular weight excluding hydrogens is 382 g/mol. The van der Waals surface area contributed by atoms with Crippen LogP contribution in [0.25, 0.3) is 0 Å². The summed E-state index contributed by atoms with van der Waals surface area (Å²) in [4.78, 5) is 17.9. The Morgan fingerprint density at radius 1 is 0.871 bits per heavy atom. The number of amides is 1. The van der Waals surface area contributed by atoms with Gasteiger partial charge in [-0.1, -0.05) is 91.0 Å². The van der Waals surface area contributed by atoms with Crippen LogP contribution in [0.4, 0.5) is 0 Å². The number of rotatable bonds is 5. The van der Waals surface area contributed by atoms with Gasteiger partial charge in [0.05, 0.1) is 6.04 Å². The summed E-state index contributed by atoms with van der Waals surface area (Å²) < 4.78 is 2.15.